The standard InChI is InChI=1S/C18H18FN7OS/c1-3-9(2)12-16(27)23-13-14(22-12)20-8-21-15(13)24-18-26-25-17(28-18)10-4-6-11(19)7-5-10/h4-9,12H,3H2,1-2H3,(H,23,27)(H2,20,21,22,24,26). The average Bonchev–Trinajstić information content (AvgIpc) is 3.16. The lowest BCUT2D eigenvalue weighted by Crippen LogP contribution is -2.43. The van der Waals surface area contributed by atoms with Gasteiger partial charge >= 0.3 is 0 Å². The number of hydrogen-bond acceptors (Lipinski definition) is 8. The van der Waals surface area contributed by atoms with Crippen molar-refractivity contribution in [3.63, 3.8) is 0 Å². The molecular formula is C18H18FN7OS. The minimum atomic E-state index is -0.341. The van der Waals surface area contributed by atoms with E-state index >= 15 is 0 Å². The Hall–Kier alpha value is -3.14. The zero-order chi connectivity index (χ0) is 19.7. The highest BCUT2D eigenvalue weighted by Crippen LogP contribution is 2.35. The quantitative estimate of drug-likeness (QED) is 0.601. The molecule has 10 heteroatoms. The topological polar surface area (TPSA) is 105 Å². The first-order valence-corrected chi connectivity index (χ1v) is 9.65. The lowest BCUT2D eigenvalue weighted by Gasteiger charge is -2.30. The Morgan fingerprint density at radius 2 is 2.04 bits per heavy atom. The van der Waals surface area contributed by atoms with Crippen molar-refractivity contribution in [1.29, 1.82) is 0 Å². The molecule has 1 amide bonds. The first-order valence-electron chi connectivity index (χ1n) is 8.84. The van der Waals surface area contributed by atoms with Crippen LogP contribution < -0.4 is 16.0 Å². The number of amides is 1. The van der Waals surface area contributed by atoms with Gasteiger partial charge in [-0.25, -0.2) is 14.4 Å². The summed E-state index contributed by atoms with van der Waals surface area (Å²) in [6.45, 7) is 4.05. The van der Waals surface area contributed by atoms with Crippen LogP contribution in [-0.4, -0.2) is 32.1 Å². The lowest BCUT2D eigenvalue weighted by molar-refractivity contribution is -0.118. The normalized spacial score (nSPS) is 16.7. The summed E-state index contributed by atoms with van der Waals surface area (Å²) < 4.78 is 13.1. The summed E-state index contributed by atoms with van der Waals surface area (Å²) in [5.74, 6) is 0.726. The van der Waals surface area contributed by atoms with E-state index in [9.17, 15) is 9.18 Å². The van der Waals surface area contributed by atoms with Gasteiger partial charge in [0.1, 0.15) is 28.9 Å². The van der Waals surface area contributed by atoms with Crippen LogP contribution in [0.3, 0.4) is 0 Å². The molecule has 0 saturated heterocycles. The molecule has 4 rings (SSSR count). The number of carbonyl (C=O) groups is 1. The van der Waals surface area contributed by atoms with Crippen LogP contribution in [0.25, 0.3) is 10.6 Å². The summed E-state index contributed by atoms with van der Waals surface area (Å²) in [7, 11) is 0. The number of hydrogen-bond donors (Lipinski definition) is 3. The van der Waals surface area contributed by atoms with Gasteiger partial charge in [-0.1, -0.05) is 31.6 Å². The zero-order valence-electron chi connectivity index (χ0n) is 15.2. The van der Waals surface area contributed by atoms with Crippen LogP contribution in [0, 0.1) is 11.7 Å². The summed E-state index contributed by atoms with van der Waals surface area (Å²) in [5, 5.41) is 18.5. The predicted octanol–water partition coefficient (Wildman–Crippen LogP) is 3.66. The van der Waals surface area contributed by atoms with Gasteiger partial charge in [0.15, 0.2) is 11.6 Å². The molecule has 8 nitrogen and oxygen atoms in total. The third kappa shape index (κ3) is 3.50. The van der Waals surface area contributed by atoms with E-state index in [4.69, 9.17) is 0 Å². The maximum absolute atomic E-state index is 13.1. The highest BCUT2D eigenvalue weighted by atomic mass is 32.1. The van der Waals surface area contributed by atoms with Gasteiger partial charge in [-0.2, -0.15) is 0 Å². The molecule has 144 valence electrons. The van der Waals surface area contributed by atoms with E-state index < -0.39 is 0 Å². The molecule has 3 aromatic rings. The summed E-state index contributed by atoms with van der Waals surface area (Å²) in [4.78, 5) is 20.9. The van der Waals surface area contributed by atoms with Crippen molar-refractivity contribution in [3.05, 3.63) is 36.4 Å². The van der Waals surface area contributed by atoms with Gasteiger partial charge in [-0.15, -0.1) is 10.2 Å². The maximum Gasteiger partial charge on any atom is 0.247 e. The highest BCUT2D eigenvalue weighted by molar-refractivity contribution is 7.18. The van der Waals surface area contributed by atoms with Gasteiger partial charge in [-0.3, -0.25) is 4.79 Å². The summed E-state index contributed by atoms with van der Waals surface area (Å²) >= 11 is 1.30. The molecule has 2 aromatic heterocycles. The number of benzene rings is 1. The van der Waals surface area contributed by atoms with Crippen LogP contribution in [0.15, 0.2) is 30.6 Å². The third-order valence-corrected chi connectivity index (χ3v) is 5.51. The SMILES string of the molecule is CCC(C)C1Nc2ncnc(Nc3nnc(-c4ccc(F)cc4)s3)c2NC1=O. The molecule has 3 N–H and O–H groups in total. The molecule has 3 heterocycles. The van der Waals surface area contributed by atoms with Crippen LogP contribution in [0.5, 0.6) is 0 Å². The summed E-state index contributed by atoms with van der Waals surface area (Å²) in [6.07, 6.45) is 2.29. The number of fused-ring (bicyclic) bond motifs is 1. The molecule has 2 unspecified atom stereocenters. The van der Waals surface area contributed by atoms with E-state index in [1.165, 1.54) is 29.8 Å². The lowest BCUT2D eigenvalue weighted by atomic mass is 9.97. The molecule has 1 aliphatic heterocycles. The minimum absolute atomic E-state index is 0.121. The van der Waals surface area contributed by atoms with Crippen molar-refractivity contribution >= 4 is 39.7 Å². The number of carbonyl (C=O) groups excluding carboxylic acids is 1. The van der Waals surface area contributed by atoms with Crippen molar-refractivity contribution in [2.75, 3.05) is 16.0 Å². The van der Waals surface area contributed by atoms with E-state index in [-0.39, 0.29) is 23.7 Å². The van der Waals surface area contributed by atoms with E-state index in [2.05, 4.69) is 36.1 Å². The Balaban J connectivity index is 1.57. The Kier molecular flexibility index (Phi) is 4.86. The minimum Gasteiger partial charge on any atom is -0.356 e. The predicted molar refractivity (Wildman–Crippen MR) is 106 cm³/mol. The fourth-order valence-corrected chi connectivity index (χ4v) is 3.59. The summed E-state index contributed by atoms with van der Waals surface area (Å²) in [5.41, 5.74) is 1.24. The number of halogens is 1. The first kappa shape index (κ1) is 18.2. The maximum atomic E-state index is 13.1. The van der Waals surface area contributed by atoms with Gasteiger partial charge in [0.05, 0.1) is 0 Å². The molecule has 0 aliphatic carbocycles. The van der Waals surface area contributed by atoms with Gasteiger partial charge < -0.3 is 16.0 Å². The van der Waals surface area contributed by atoms with Crippen molar-refractivity contribution in [2.45, 2.75) is 26.3 Å². The van der Waals surface area contributed by atoms with Crippen LogP contribution in [-0.2, 0) is 4.79 Å². The van der Waals surface area contributed by atoms with Crippen LogP contribution in [0.2, 0.25) is 0 Å². The van der Waals surface area contributed by atoms with Crippen molar-refractivity contribution in [1.82, 2.24) is 20.2 Å². The molecule has 1 aromatic carbocycles. The number of aromatic nitrogens is 4. The number of nitrogens with zero attached hydrogens (tertiary/aromatic N) is 4. The van der Waals surface area contributed by atoms with Gasteiger partial charge in [0.25, 0.3) is 0 Å². The van der Waals surface area contributed by atoms with Gasteiger partial charge in [0, 0.05) is 5.56 Å². The second kappa shape index (κ2) is 7.47. The van der Waals surface area contributed by atoms with E-state index in [1.54, 1.807) is 12.1 Å². The van der Waals surface area contributed by atoms with Crippen molar-refractivity contribution in [2.24, 2.45) is 5.92 Å². The second-order valence-corrected chi connectivity index (χ2v) is 7.46. The molecule has 28 heavy (non-hydrogen) atoms. The molecule has 2 atom stereocenters. The average molecular weight is 399 g/mol. The molecule has 1 aliphatic rings. The molecule has 0 saturated carbocycles. The smallest absolute Gasteiger partial charge is 0.247 e. The monoisotopic (exact) mass is 399 g/mol. The van der Waals surface area contributed by atoms with Crippen LogP contribution in [0.1, 0.15) is 20.3 Å². The van der Waals surface area contributed by atoms with Crippen molar-refractivity contribution < 1.29 is 9.18 Å². The number of rotatable bonds is 5. The Labute approximate surface area is 164 Å². The largest absolute Gasteiger partial charge is 0.356 e. The molecule has 0 spiro atoms. The van der Waals surface area contributed by atoms with Crippen LogP contribution in [0.4, 0.5) is 26.8 Å². The van der Waals surface area contributed by atoms with E-state index in [1.807, 2.05) is 13.8 Å². The Bertz CT molecular complexity index is 1010. The highest BCUT2D eigenvalue weighted by Gasteiger charge is 2.32. The summed E-state index contributed by atoms with van der Waals surface area (Å²) in [6, 6.07) is 5.70. The van der Waals surface area contributed by atoms with E-state index in [0.29, 0.717) is 27.5 Å². The fraction of sp³-hybridized carbons (Fsp3) is 0.278. The molecule has 0 radical (unpaired) electrons. The zero-order valence-corrected chi connectivity index (χ0v) is 16.0. The fourth-order valence-electron chi connectivity index (χ4n) is 2.84. The van der Waals surface area contributed by atoms with Crippen molar-refractivity contribution in [3.8, 4) is 10.6 Å². The molecule has 0 fully saturated rings. The van der Waals surface area contributed by atoms with E-state index in [0.717, 1.165) is 12.0 Å². The second-order valence-electron chi connectivity index (χ2n) is 6.49. The Morgan fingerprint density at radius 3 is 2.79 bits per heavy atom. The third-order valence-electron chi connectivity index (χ3n) is 4.62. The molecular weight excluding hydrogens is 381 g/mol. The van der Waals surface area contributed by atoms with Gasteiger partial charge in [0.2, 0.25) is 11.0 Å². The molecule has 0 bridgehead atoms. The first-order chi connectivity index (χ1) is 13.5. The van der Waals surface area contributed by atoms with Crippen LogP contribution >= 0.6 is 11.3 Å². The number of nitrogens with one attached hydrogen (secondary N) is 3. The number of anilines is 4. The van der Waals surface area contributed by atoms with Gasteiger partial charge in [-0.05, 0) is 30.2 Å². The Morgan fingerprint density at radius 1 is 1.25 bits per heavy atom.